The first kappa shape index (κ1) is 12.5. The van der Waals surface area contributed by atoms with Crippen molar-refractivity contribution in [2.75, 3.05) is 18.1 Å². The zero-order valence-electron chi connectivity index (χ0n) is 9.57. The molecule has 0 unspecified atom stereocenters. The highest BCUT2D eigenvalue weighted by Crippen LogP contribution is 2.02. The Morgan fingerprint density at radius 2 is 2.33 bits per heavy atom. The number of nitrogens with zero attached hydrogens (tertiary/aromatic N) is 3. The second-order valence-electron chi connectivity index (χ2n) is 3.25. The van der Waals surface area contributed by atoms with Gasteiger partial charge in [-0.05, 0) is 24.5 Å². The van der Waals surface area contributed by atoms with Crippen LogP contribution in [0.1, 0.15) is 26.1 Å². The summed E-state index contributed by atoms with van der Waals surface area (Å²) in [7, 11) is 0. The third-order valence-corrected chi connectivity index (χ3v) is 2.98. The van der Waals surface area contributed by atoms with E-state index in [2.05, 4.69) is 29.2 Å². The molecule has 1 heterocycles. The lowest BCUT2D eigenvalue weighted by atomic mass is 10.5. The van der Waals surface area contributed by atoms with Gasteiger partial charge in [0, 0.05) is 6.54 Å². The van der Waals surface area contributed by atoms with Crippen LogP contribution in [-0.4, -0.2) is 32.8 Å². The van der Waals surface area contributed by atoms with E-state index in [4.69, 9.17) is 0 Å². The third-order valence-electron chi connectivity index (χ3n) is 2.00. The maximum Gasteiger partial charge on any atom is 0.164 e. The van der Waals surface area contributed by atoms with Gasteiger partial charge >= 0.3 is 0 Å². The van der Waals surface area contributed by atoms with Crippen LogP contribution < -0.4 is 5.32 Å². The SMILES string of the molecule is CCNCc1ncn(CCCSCC)n1. The molecule has 1 aromatic heterocycles. The highest BCUT2D eigenvalue weighted by atomic mass is 32.2. The lowest BCUT2D eigenvalue weighted by Gasteiger charge is -1.99. The molecule has 0 spiro atoms. The van der Waals surface area contributed by atoms with Crippen LogP contribution in [0.5, 0.6) is 0 Å². The molecule has 1 N–H and O–H groups in total. The quantitative estimate of drug-likeness (QED) is 0.685. The van der Waals surface area contributed by atoms with Crippen molar-refractivity contribution in [1.29, 1.82) is 0 Å². The Morgan fingerprint density at radius 1 is 1.47 bits per heavy atom. The molecule has 0 atom stereocenters. The summed E-state index contributed by atoms with van der Waals surface area (Å²) in [5, 5.41) is 7.59. The summed E-state index contributed by atoms with van der Waals surface area (Å²) in [5.74, 6) is 3.29. The highest BCUT2D eigenvalue weighted by Gasteiger charge is 1.99. The largest absolute Gasteiger partial charge is 0.310 e. The van der Waals surface area contributed by atoms with Crippen LogP contribution in [0.4, 0.5) is 0 Å². The third kappa shape index (κ3) is 5.18. The van der Waals surface area contributed by atoms with Gasteiger partial charge in [-0.1, -0.05) is 13.8 Å². The molecular formula is C10H20N4S. The molecule has 15 heavy (non-hydrogen) atoms. The molecule has 4 nitrogen and oxygen atoms in total. The van der Waals surface area contributed by atoms with Gasteiger partial charge < -0.3 is 5.32 Å². The number of aryl methyl sites for hydroxylation is 1. The van der Waals surface area contributed by atoms with E-state index >= 15 is 0 Å². The first-order chi connectivity index (χ1) is 7.36. The minimum absolute atomic E-state index is 0.771. The Bertz CT molecular complexity index is 262. The van der Waals surface area contributed by atoms with Crippen molar-refractivity contribution >= 4 is 11.8 Å². The van der Waals surface area contributed by atoms with Gasteiger partial charge in [-0.3, -0.25) is 4.68 Å². The number of thioether (sulfide) groups is 1. The summed E-state index contributed by atoms with van der Waals surface area (Å²) in [6.07, 6.45) is 2.99. The number of nitrogens with one attached hydrogen (secondary N) is 1. The van der Waals surface area contributed by atoms with Crippen LogP contribution in [-0.2, 0) is 13.1 Å². The molecule has 0 fully saturated rings. The first-order valence-corrected chi connectivity index (χ1v) is 6.69. The van der Waals surface area contributed by atoms with E-state index in [-0.39, 0.29) is 0 Å². The van der Waals surface area contributed by atoms with Gasteiger partial charge in [0.15, 0.2) is 5.82 Å². The van der Waals surface area contributed by atoms with Crippen LogP contribution in [0.15, 0.2) is 6.33 Å². The van der Waals surface area contributed by atoms with Gasteiger partial charge in [0.2, 0.25) is 0 Å². The van der Waals surface area contributed by atoms with Crippen LogP contribution in [0.25, 0.3) is 0 Å². The van der Waals surface area contributed by atoms with E-state index in [9.17, 15) is 0 Å². The molecule has 0 amide bonds. The maximum atomic E-state index is 4.38. The molecule has 0 bridgehead atoms. The van der Waals surface area contributed by atoms with Gasteiger partial charge in [-0.25, -0.2) is 4.98 Å². The molecule has 0 saturated heterocycles. The molecule has 0 aliphatic carbocycles. The van der Waals surface area contributed by atoms with Crippen LogP contribution in [0.3, 0.4) is 0 Å². The minimum Gasteiger partial charge on any atom is -0.310 e. The molecule has 0 aromatic carbocycles. The Kier molecular flexibility index (Phi) is 6.43. The van der Waals surface area contributed by atoms with E-state index in [1.807, 2.05) is 22.8 Å². The van der Waals surface area contributed by atoms with Gasteiger partial charge in [0.25, 0.3) is 0 Å². The van der Waals surface area contributed by atoms with Gasteiger partial charge in [0.1, 0.15) is 6.33 Å². The zero-order valence-corrected chi connectivity index (χ0v) is 10.4. The Labute approximate surface area is 95.9 Å². The summed E-state index contributed by atoms with van der Waals surface area (Å²) in [4.78, 5) is 4.24. The molecule has 1 aromatic rings. The first-order valence-electron chi connectivity index (χ1n) is 5.53. The molecule has 1 rings (SSSR count). The summed E-state index contributed by atoms with van der Waals surface area (Å²) in [6.45, 7) is 6.98. The minimum atomic E-state index is 0.771. The summed E-state index contributed by atoms with van der Waals surface area (Å²) in [6, 6.07) is 0. The Balaban J connectivity index is 2.20. The van der Waals surface area contributed by atoms with Crippen molar-refractivity contribution < 1.29 is 0 Å². The van der Waals surface area contributed by atoms with E-state index in [0.717, 1.165) is 25.5 Å². The lowest BCUT2D eigenvalue weighted by molar-refractivity contribution is 0.588. The van der Waals surface area contributed by atoms with Gasteiger partial charge in [-0.2, -0.15) is 16.9 Å². The molecule has 0 radical (unpaired) electrons. The fourth-order valence-electron chi connectivity index (χ4n) is 1.23. The average Bonchev–Trinajstić information content (AvgIpc) is 2.69. The molecule has 5 heteroatoms. The van der Waals surface area contributed by atoms with Crippen LogP contribution >= 0.6 is 11.8 Å². The zero-order chi connectivity index (χ0) is 10.9. The monoisotopic (exact) mass is 228 g/mol. The normalized spacial score (nSPS) is 10.8. The van der Waals surface area contributed by atoms with Gasteiger partial charge in [-0.15, -0.1) is 0 Å². The lowest BCUT2D eigenvalue weighted by Crippen LogP contribution is -2.13. The maximum absolute atomic E-state index is 4.38. The molecular weight excluding hydrogens is 208 g/mol. The molecule has 0 aliphatic heterocycles. The summed E-state index contributed by atoms with van der Waals surface area (Å²) >= 11 is 1.97. The summed E-state index contributed by atoms with van der Waals surface area (Å²) in [5.41, 5.74) is 0. The smallest absolute Gasteiger partial charge is 0.164 e. The van der Waals surface area contributed by atoms with Crippen molar-refractivity contribution in [3.8, 4) is 0 Å². The predicted molar refractivity (Wildman–Crippen MR) is 65.0 cm³/mol. The average molecular weight is 228 g/mol. The van der Waals surface area contributed by atoms with Crippen molar-refractivity contribution in [3.05, 3.63) is 12.2 Å². The second-order valence-corrected chi connectivity index (χ2v) is 4.65. The predicted octanol–water partition coefficient (Wildman–Crippen LogP) is 1.53. The Morgan fingerprint density at radius 3 is 3.07 bits per heavy atom. The van der Waals surface area contributed by atoms with Gasteiger partial charge in [0.05, 0.1) is 6.54 Å². The van der Waals surface area contributed by atoms with E-state index in [1.165, 1.54) is 17.9 Å². The number of hydrogen-bond acceptors (Lipinski definition) is 4. The fourth-order valence-corrected chi connectivity index (χ4v) is 1.85. The second kappa shape index (κ2) is 7.70. The number of aromatic nitrogens is 3. The van der Waals surface area contributed by atoms with Crippen molar-refractivity contribution in [2.45, 2.75) is 33.4 Å². The van der Waals surface area contributed by atoms with E-state index in [1.54, 1.807) is 0 Å². The van der Waals surface area contributed by atoms with Crippen molar-refractivity contribution in [2.24, 2.45) is 0 Å². The molecule has 86 valence electrons. The summed E-state index contributed by atoms with van der Waals surface area (Å²) < 4.78 is 1.93. The van der Waals surface area contributed by atoms with E-state index < -0.39 is 0 Å². The standard InChI is InChI=1S/C10H20N4S/c1-3-11-8-10-12-9-14(13-10)6-5-7-15-4-2/h9,11H,3-8H2,1-2H3. The number of rotatable bonds is 8. The van der Waals surface area contributed by atoms with Crippen LogP contribution in [0.2, 0.25) is 0 Å². The van der Waals surface area contributed by atoms with Crippen molar-refractivity contribution in [3.63, 3.8) is 0 Å². The van der Waals surface area contributed by atoms with Crippen molar-refractivity contribution in [1.82, 2.24) is 20.1 Å². The fraction of sp³-hybridized carbons (Fsp3) is 0.800. The highest BCUT2D eigenvalue weighted by molar-refractivity contribution is 7.99. The number of hydrogen-bond donors (Lipinski definition) is 1. The Hall–Kier alpha value is -0.550. The topological polar surface area (TPSA) is 42.7 Å². The molecule has 0 aliphatic rings. The van der Waals surface area contributed by atoms with E-state index in [0.29, 0.717) is 0 Å². The van der Waals surface area contributed by atoms with Crippen LogP contribution in [0, 0.1) is 0 Å². The molecule has 0 saturated carbocycles.